The van der Waals surface area contributed by atoms with E-state index in [2.05, 4.69) is 4.98 Å². The molecule has 0 radical (unpaired) electrons. The smallest absolute Gasteiger partial charge is 0.307 e. The van der Waals surface area contributed by atoms with Crippen LogP contribution in [0.1, 0.15) is 42.3 Å². The Morgan fingerprint density at radius 2 is 1.73 bits per heavy atom. The summed E-state index contributed by atoms with van der Waals surface area (Å²) in [5.74, 6) is -0.404. The van der Waals surface area contributed by atoms with Crippen molar-refractivity contribution in [3.8, 4) is 38.7 Å². The van der Waals surface area contributed by atoms with E-state index in [0.717, 1.165) is 48.6 Å². The minimum Gasteiger partial charge on any atom is -0.491 e. The van der Waals surface area contributed by atoms with Gasteiger partial charge in [-0.15, -0.1) is 11.3 Å². The number of carbonyl (C=O) groups is 2. The van der Waals surface area contributed by atoms with Gasteiger partial charge in [0.25, 0.3) is 5.91 Å². The molecule has 3 aromatic carbocycles. The number of thiazole rings is 1. The molecule has 5 aromatic rings. The van der Waals surface area contributed by atoms with Crippen molar-refractivity contribution in [2.45, 2.75) is 39.7 Å². The number of halogens is 1. The maximum atomic E-state index is 12.9. The molecule has 0 atom stereocenters. The van der Waals surface area contributed by atoms with Gasteiger partial charge in [-0.2, -0.15) is 0 Å². The molecule has 10 heteroatoms. The Labute approximate surface area is 270 Å². The number of hydrogen-bond donors (Lipinski definition) is 2. The number of benzene rings is 3. The van der Waals surface area contributed by atoms with E-state index in [9.17, 15) is 14.7 Å². The Bertz CT molecular complexity index is 1890. The zero-order valence-electron chi connectivity index (χ0n) is 25.7. The number of nitrogens with zero attached hydrogens (tertiary/aromatic N) is 3. The number of carbonyl (C=O) groups excluding carboxylic acids is 1. The SMILES string of the molecule is CC(C)(C)O.Cc1cc2nc(-c3ccnc(-c4ccc5c(c4)C(=O)N(C)CCO5)c3)sc2c(-c2ccc(Cl)cc2)c1CC(=O)O. The number of likely N-dealkylation sites (N-methyl/N-ethyl adjacent to an activating group) is 1. The predicted octanol–water partition coefficient (Wildman–Crippen LogP) is 7.52. The average Bonchev–Trinajstić information content (AvgIpc) is 3.34. The van der Waals surface area contributed by atoms with Gasteiger partial charge in [0.15, 0.2) is 0 Å². The number of amides is 1. The van der Waals surface area contributed by atoms with E-state index >= 15 is 0 Å². The Hall–Kier alpha value is -4.31. The van der Waals surface area contributed by atoms with Gasteiger partial charge in [-0.05, 0) is 92.9 Å². The van der Waals surface area contributed by atoms with Crippen molar-refractivity contribution in [2.75, 3.05) is 20.2 Å². The molecule has 0 saturated heterocycles. The summed E-state index contributed by atoms with van der Waals surface area (Å²) in [5, 5.41) is 19.6. The number of hydrogen-bond acceptors (Lipinski definition) is 7. The van der Waals surface area contributed by atoms with Crippen molar-refractivity contribution < 1.29 is 24.5 Å². The Morgan fingerprint density at radius 1 is 1.04 bits per heavy atom. The summed E-state index contributed by atoms with van der Waals surface area (Å²) >= 11 is 7.66. The molecule has 3 heterocycles. The topological polar surface area (TPSA) is 113 Å². The quantitative estimate of drug-likeness (QED) is 0.204. The van der Waals surface area contributed by atoms with Gasteiger partial charge in [-0.3, -0.25) is 14.6 Å². The van der Waals surface area contributed by atoms with Crippen molar-refractivity contribution in [1.29, 1.82) is 0 Å². The van der Waals surface area contributed by atoms with E-state index in [1.165, 1.54) is 11.3 Å². The number of aryl methyl sites for hydroxylation is 1. The average molecular weight is 644 g/mol. The molecular weight excluding hydrogens is 610 g/mol. The minimum atomic E-state index is -0.892. The van der Waals surface area contributed by atoms with Crippen LogP contribution in [0.2, 0.25) is 5.02 Å². The number of ether oxygens (including phenoxy) is 1. The van der Waals surface area contributed by atoms with E-state index in [1.807, 2.05) is 55.5 Å². The number of aliphatic carboxylic acids is 1. The van der Waals surface area contributed by atoms with E-state index in [1.54, 1.807) is 51.0 Å². The highest BCUT2D eigenvalue weighted by atomic mass is 35.5. The second-order valence-electron chi connectivity index (χ2n) is 11.9. The second-order valence-corrected chi connectivity index (χ2v) is 13.3. The Kier molecular flexibility index (Phi) is 9.25. The number of fused-ring (bicyclic) bond motifs is 2. The summed E-state index contributed by atoms with van der Waals surface area (Å²) in [6.45, 7) is 8.12. The number of rotatable bonds is 5. The highest BCUT2D eigenvalue weighted by Gasteiger charge is 2.23. The van der Waals surface area contributed by atoms with Crippen LogP contribution in [-0.4, -0.2) is 62.8 Å². The van der Waals surface area contributed by atoms with Crippen LogP contribution in [0.25, 0.3) is 43.2 Å². The third kappa shape index (κ3) is 7.50. The van der Waals surface area contributed by atoms with Gasteiger partial charge in [0.2, 0.25) is 0 Å². The molecule has 0 saturated carbocycles. The molecule has 0 spiro atoms. The maximum Gasteiger partial charge on any atom is 0.307 e. The van der Waals surface area contributed by atoms with Crippen LogP contribution in [-0.2, 0) is 11.2 Å². The Balaban J connectivity index is 0.000000743. The van der Waals surface area contributed by atoms with Crippen molar-refractivity contribution in [2.24, 2.45) is 0 Å². The van der Waals surface area contributed by atoms with E-state index < -0.39 is 11.6 Å². The molecule has 0 unspecified atom stereocenters. The van der Waals surface area contributed by atoms with Crippen LogP contribution in [0.5, 0.6) is 5.75 Å². The summed E-state index contributed by atoms with van der Waals surface area (Å²) in [4.78, 5) is 35.8. The third-order valence-electron chi connectivity index (χ3n) is 7.02. The number of carboxylic acids is 1. The lowest BCUT2D eigenvalue weighted by atomic mass is 9.93. The van der Waals surface area contributed by atoms with Crippen molar-refractivity contribution in [1.82, 2.24) is 14.9 Å². The third-order valence-corrected chi connectivity index (χ3v) is 8.41. The number of carboxylic acid groups (broad SMARTS) is 1. The normalized spacial score (nSPS) is 13.0. The van der Waals surface area contributed by atoms with Crippen molar-refractivity contribution >= 4 is 45.0 Å². The highest BCUT2D eigenvalue weighted by molar-refractivity contribution is 7.22. The molecule has 1 aliphatic heterocycles. The fourth-order valence-electron chi connectivity index (χ4n) is 4.96. The molecule has 45 heavy (non-hydrogen) atoms. The van der Waals surface area contributed by atoms with Crippen LogP contribution >= 0.6 is 22.9 Å². The second kappa shape index (κ2) is 13.0. The monoisotopic (exact) mass is 643 g/mol. The van der Waals surface area contributed by atoms with Crippen LogP contribution in [0, 0.1) is 6.92 Å². The molecular formula is C35H34ClN3O5S. The summed E-state index contributed by atoms with van der Waals surface area (Å²) in [6.07, 6.45) is 1.64. The molecule has 2 aromatic heterocycles. The van der Waals surface area contributed by atoms with Crippen LogP contribution < -0.4 is 4.74 Å². The lowest BCUT2D eigenvalue weighted by Crippen LogP contribution is -2.27. The van der Waals surface area contributed by atoms with Crippen LogP contribution in [0.4, 0.5) is 0 Å². The first-order chi connectivity index (χ1) is 21.3. The zero-order chi connectivity index (χ0) is 32.5. The van der Waals surface area contributed by atoms with E-state index in [0.29, 0.717) is 35.2 Å². The first-order valence-corrected chi connectivity index (χ1v) is 15.6. The van der Waals surface area contributed by atoms with E-state index in [4.69, 9.17) is 26.4 Å². The van der Waals surface area contributed by atoms with E-state index in [-0.39, 0.29) is 12.3 Å². The van der Waals surface area contributed by atoms with Gasteiger partial charge in [0.05, 0.1) is 40.0 Å². The van der Waals surface area contributed by atoms with Gasteiger partial charge in [-0.1, -0.05) is 23.7 Å². The summed E-state index contributed by atoms with van der Waals surface area (Å²) in [5.41, 5.74) is 6.58. The lowest BCUT2D eigenvalue weighted by Gasteiger charge is -2.13. The largest absolute Gasteiger partial charge is 0.491 e. The number of aromatic nitrogens is 2. The first kappa shape index (κ1) is 32.1. The predicted molar refractivity (Wildman–Crippen MR) is 179 cm³/mol. The van der Waals surface area contributed by atoms with Gasteiger partial charge >= 0.3 is 5.97 Å². The fraction of sp³-hybridized carbons (Fsp3) is 0.257. The van der Waals surface area contributed by atoms with Gasteiger partial charge < -0.3 is 19.8 Å². The first-order valence-electron chi connectivity index (χ1n) is 14.4. The Morgan fingerprint density at radius 3 is 2.42 bits per heavy atom. The molecule has 0 fully saturated rings. The zero-order valence-corrected chi connectivity index (χ0v) is 27.3. The number of pyridine rings is 1. The molecule has 0 aliphatic carbocycles. The minimum absolute atomic E-state index is 0.0843. The summed E-state index contributed by atoms with van der Waals surface area (Å²) in [6, 6.07) is 18.8. The summed E-state index contributed by atoms with van der Waals surface area (Å²) in [7, 11) is 1.77. The summed E-state index contributed by atoms with van der Waals surface area (Å²) < 4.78 is 6.68. The van der Waals surface area contributed by atoms with Crippen molar-refractivity contribution in [3.63, 3.8) is 0 Å². The van der Waals surface area contributed by atoms with Crippen LogP contribution in [0.15, 0.2) is 66.9 Å². The van der Waals surface area contributed by atoms with Gasteiger partial charge in [0, 0.05) is 35.0 Å². The highest BCUT2D eigenvalue weighted by Crippen LogP contribution is 2.41. The standard InChI is InChI=1S/C31H24ClN3O4S.C4H10O/c1-17-13-25-29(28(22(17)16-27(36)37)18-3-6-21(32)7-4-18)40-30(34-25)20-9-10-33-24(15-20)19-5-8-26-23(14-19)31(38)35(2)11-12-39-26;1-4(2,3)5/h3-10,13-15H,11-12,16H2,1-2H3,(H,36,37);5H,1-3H3. The van der Waals surface area contributed by atoms with Gasteiger partial charge in [0.1, 0.15) is 17.4 Å². The molecule has 0 bridgehead atoms. The van der Waals surface area contributed by atoms with Gasteiger partial charge in [-0.25, -0.2) is 4.98 Å². The molecule has 1 aliphatic rings. The molecule has 6 rings (SSSR count). The molecule has 8 nitrogen and oxygen atoms in total. The van der Waals surface area contributed by atoms with Crippen molar-refractivity contribution in [3.05, 3.63) is 88.6 Å². The molecule has 2 N–H and O–H groups in total. The molecule has 232 valence electrons. The fourth-order valence-corrected chi connectivity index (χ4v) is 6.22. The number of aliphatic hydroxyl groups is 1. The lowest BCUT2D eigenvalue weighted by molar-refractivity contribution is -0.136. The molecule has 1 amide bonds. The van der Waals surface area contributed by atoms with Crippen LogP contribution in [0.3, 0.4) is 0 Å². The maximum absolute atomic E-state index is 12.9.